The second-order valence-corrected chi connectivity index (χ2v) is 8.93. The maximum atomic E-state index is 13.7. The Bertz CT molecular complexity index is 976. The van der Waals surface area contributed by atoms with Crippen molar-refractivity contribution in [3.63, 3.8) is 0 Å². The fraction of sp³-hybridized carbons (Fsp3) is 0.565. The minimum Gasteiger partial charge on any atom is -0.466 e. The number of aliphatic hydroxyl groups is 1. The van der Waals surface area contributed by atoms with Gasteiger partial charge in [-0.25, -0.2) is 4.79 Å². The molecular weight excluding hydrogens is 384 g/mol. The summed E-state index contributed by atoms with van der Waals surface area (Å²) in [6.45, 7) is 2.16. The smallest absolute Gasteiger partial charge is 0.333 e. The monoisotopic (exact) mass is 412 g/mol. The van der Waals surface area contributed by atoms with Crippen molar-refractivity contribution in [2.75, 3.05) is 39.3 Å². The number of anilines is 1. The molecule has 4 fully saturated rings. The van der Waals surface area contributed by atoms with Crippen LogP contribution in [0.2, 0.25) is 0 Å². The van der Waals surface area contributed by atoms with Crippen LogP contribution in [0.25, 0.3) is 0 Å². The third-order valence-corrected chi connectivity index (χ3v) is 8.49. The van der Waals surface area contributed by atoms with Crippen LogP contribution in [0.3, 0.4) is 0 Å². The minimum absolute atomic E-state index is 0.394. The Morgan fingerprint density at radius 3 is 2.77 bits per heavy atom. The van der Waals surface area contributed by atoms with Gasteiger partial charge in [-0.1, -0.05) is 24.3 Å². The van der Waals surface area contributed by atoms with Gasteiger partial charge in [0.15, 0.2) is 0 Å². The van der Waals surface area contributed by atoms with E-state index in [9.17, 15) is 14.7 Å². The Balaban J connectivity index is 1.86. The van der Waals surface area contributed by atoms with E-state index in [0.717, 1.165) is 17.8 Å². The van der Waals surface area contributed by atoms with E-state index in [1.54, 1.807) is 13.0 Å². The number of nitrogens with zero attached hydrogens (tertiary/aromatic N) is 2. The minimum atomic E-state index is -1.27. The Morgan fingerprint density at radius 2 is 2.10 bits per heavy atom. The first-order valence-electron chi connectivity index (χ1n) is 10.5. The van der Waals surface area contributed by atoms with Crippen molar-refractivity contribution in [2.45, 2.75) is 36.9 Å². The lowest BCUT2D eigenvalue weighted by Gasteiger charge is -2.67. The van der Waals surface area contributed by atoms with Crippen molar-refractivity contribution in [3.05, 3.63) is 41.5 Å². The van der Waals surface area contributed by atoms with Gasteiger partial charge in [-0.3, -0.25) is 9.69 Å². The maximum Gasteiger partial charge on any atom is 0.333 e. The van der Waals surface area contributed by atoms with Gasteiger partial charge in [0.25, 0.3) is 0 Å². The summed E-state index contributed by atoms with van der Waals surface area (Å²) in [6.07, 6.45) is 2.45. The van der Waals surface area contributed by atoms with Crippen molar-refractivity contribution in [1.29, 1.82) is 0 Å². The van der Waals surface area contributed by atoms with Crippen LogP contribution in [0.15, 0.2) is 35.9 Å². The zero-order chi connectivity index (χ0) is 21.5. The van der Waals surface area contributed by atoms with Crippen LogP contribution in [0, 0.1) is 11.3 Å². The molecule has 1 saturated carbocycles. The first kappa shape index (κ1) is 19.6. The van der Waals surface area contributed by atoms with Crippen LogP contribution in [0.4, 0.5) is 5.69 Å². The van der Waals surface area contributed by atoms with E-state index in [0.29, 0.717) is 18.4 Å². The number of methoxy groups -OCH3 is 1. The Hall–Kier alpha value is -2.38. The summed E-state index contributed by atoms with van der Waals surface area (Å²) in [6, 6.07) is 8.12. The normalized spacial score (nSPS) is 39.4. The van der Waals surface area contributed by atoms with Gasteiger partial charge in [0.05, 0.1) is 19.1 Å². The van der Waals surface area contributed by atoms with Crippen LogP contribution >= 0.6 is 0 Å². The van der Waals surface area contributed by atoms with E-state index in [1.165, 1.54) is 7.11 Å². The number of aliphatic hydroxyl groups excluding tert-OH is 1. The van der Waals surface area contributed by atoms with E-state index in [1.807, 2.05) is 19.2 Å². The molecule has 0 spiro atoms. The summed E-state index contributed by atoms with van der Waals surface area (Å²) in [7, 11) is 5.46. The van der Waals surface area contributed by atoms with Gasteiger partial charge in [-0.05, 0) is 38.4 Å². The number of rotatable bonds is 3. The number of carbonyl (C=O) groups is 2. The number of ether oxygens (including phenoxy) is 2. The molecule has 0 unspecified atom stereocenters. The zero-order valence-electron chi connectivity index (χ0n) is 17.8. The quantitative estimate of drug-likeness (QED) is 0.595. The topological polar surface area (TPSA) is 79.3 Å². The Labute approximate surface area is 176 Å². The molecule has 1 aliphatic carbocycles. The van der Waals surface area contributed by atoms with Gasteiger partial charge in [0, 0.05) is 30.8 Å². The zero-order valence-corrected chi connectivity index (χ0v) is 17.8. The highest BCUT2D eigenvalue weighted by atomic mass is 16.6. The molecule has 160 valence electrons. The highest BCUT2D eigenvalue weighted by molar-refractivity contribution is 5.94. The number of para-hydroxylation sites is 1. The van der Waals surface area contributed by atoms with Crippen molar-refractivity contribution < 1.29 is 24.2 Å². The molecule has 7 nitrogen and oxygen atoms in total. The van der Waals surface area contributed by atoms with E-state index < -0.39 is 47.1 Å². The molecule has 0 aromatic heterocycles. The third kappa shape index (κ3) is 1.70. The fourth-order valence-electron chi connectivity index (χ4n) is 7.57. The summed E-state index contributed by atoms with van der Waals surface area (Å²) in [5.41, 5.74) is -0.0244. The number of hydrogen-bond donors (Lipinski definition) is 1. The van der Waals surface area contributed by atoms with Crippen LogP contribution < -0.4 is 4.90 Å². The average Bonchev–Trinajstić information content (AvgIpc) is 3.21. The molecule has 1 N–H and O–H groups in total. The summed E-state index contributed by atoms with van der Waals surface area (Å²) < 4.78 is 11.1. The lowest BCUT2D eigenvalue weighted by atomic mass is 9.43. The summed E-state index contributed by atoms with van der Waals surface area (Å²) in [4.78, 5) is 30.9. The van der Waals surface area contributed by atoms with Gasteiger partial charge in [-0.2, -0.15) is 0 Å². The largest absolute Gasteiger partial charge is 0.466 e. The van der Waals surface area contributed by atoms with Gasteiger partial charge < -0.3 is 19.5 Å². The van der Waals surface area contributed by atoms with Crippen molar-refractivity contribution in [2.24, 2.45) is 11.3 Å². The van der Waals surface area contributed by atoms with Gasteiger partial charge >= 0.3 is 11.9 Å². The highest BCUT2D eigenvalue weighted by Gasteiger charge is 2.86. The van der Waals surface area contributed by atoms with Crippen molar-refractivity contribution in [1.82, 2.24) is 4.90 Å². The molecule has 1 aromatic rings. The summed E-state index contributed by atoms with van der Waals surface area (Å²) >= 11 is 0. The van der Waals surface area contributed by atoms with Crippen LogP contribution in [0.5, 0.6) is 0 Å². The molecule has 4 aliphatic heterocycles. The van der Waals surface area contributed by atoms with Crippen molar-refractivity contribution >= 4 is 17.6 Å². The number of fused-ring (bicyclic) bond motifs is 3. The third-order valence-electron chi connectivity index (χ3n) is 8.49. The van der Waals surface area contributed by atoms with E-state index in [-0.39, 0.29) is 0 Å². The maximum absolute atomic E-state index is 13.7. The summed E-state index contributed by atoms with van der Waals surface area (Å²) in [5.74, 6) is -1.35. The molecule has 0 radical (unpaired) electrons. The Kier molecular flexibility index (Phi) is 3.97. The molecular formula is C23H28N2O5. The predicted molar refractivity (Wildman–Crippen MR) is 110 cm³/mol. The molecule has 2 bridgehead atoms. The molecule has 1 aromatic carbocycles. The highest BCUT2D eigenvalue weighted by Crippen LogP contribution is 2.74. The number of likely N-dealkylation sites (N-methyl/N-ethyl adjacent to an activating group) is 2. The van der Waals surface area contributed by atoms with E-state index >= 15 is 0 Å². The molecule has 5 atom stereocenters. The van der Waals surface area contributed by atoms with E-state index in [2.05, 4.69) is 29.0 Å². The van der Waals surface area contributed by atoms with E-state index in [4.69, 9.17) is 9.47 Å². The van der Waals surface area contributed by atoms with Crippen LogP contribution in [-0.4, -0.2) is 68.1 Å². The Morgan fingerprint density at radius 1 is 1.37 bits per heavy atom. The van der Waals surface area contributed by atoms with Gasteiger partial charge in [0.1, 0.15) is 17.2 Å². The molecule has 7 heteroatoms. The average molecular weight is 412 g/mol. The number of likely N-dealkylation sites (tertiary alicyclic amines) is 1. The van der Waals surface area contributed by atoms with Gasteiger partial charge in [-0.15, -0.1) is 0 Å². The SMILES string of the molecule is C/C=C(/C(=O)OC)[C@@H]1C[C@H]2OC(=O)[C@]1(CO)[C@@]13CCN(C)[C@@]21N(C)c1ccccc13. The van der Waals surface area contributed by atoms with Crippen LogP contribution in [-0.2, 0) is 24.5 Å². The fourth-order valence-corrected chi connectivity index (χ4v) is 7.57. The lowest BCUT2D eigenvalue weighted by Crippen LogP contribution is -2.83. The van der Waals surface area contributed by atoms with Crippen molar-refractivity contribution in [3.8, 4) is 0 Å². The molecule has 4 heterocycles. The number of benzene rings is 1. The molecule has 0 amide bonds. The molecule has 30 heavy (non-hydrogen) atoms. The first-order valence-corrected chi connectivity index (χ1v) is 10.5. The predicted octanol–water partition coefficient (Wildman–Crippen LogP) is 1.45. The van der Waals surface area contributed by atoms with Gasteiger partial charge in [0.2, 0.25) is 0 Å². The summed E-state index contributed by atoms with van der Waals surface area (Å²) in [5, 5.41) is 11.0. The number of allylic oxidation sites excluding steroid dienone is 1. The number of carbonyl (C=O) groups excluding carboxylic acids is 2. The number of hydrogen-bond acceptors (Lipinski definition) is 7. The molecule has 5 aliphatic rings. The van der Waals surface area contributed by atoms with Crippen LogP contribution in [0.1, 0.15) is 25.3 Å². The second kappa shape index (κ2) is 6.08. The molecule has 6 rings (SSSR count). The lowest BCUT2D eigenvalue weighted by molar-refractivity contribution is -0.241. The number of esters is 2. The second-order valence-electron chi connectivity index (χ2n) is 8.93. The first-order chi connectivity index (χ1) is 14.4. The molecule has 3 saturated heterocycles. The standard InChI is InChI=1S/C23H28N2O5/c1-5-14(19(27)29-4)16-12-18-23-22(10-11-24(23)2,21(16,13-26)20(28)30-18)15-8-6-7-9-17(15)25(23)3/h5-9,16,18,26H,10-13H2,1-4H3/b14-5+/t16-,18+,21+,22-,23+/m0/s1.